The lowest BCUT2D eigenvalue weighted by molar-refractivity contribution is 0.140. The van der Waals surface area contributed by atoms with E-state index in [1.165, 1.54) is 22.6 Å². The number of pyridine rings is 1. The molecule has 0 saturated heterocycles. The second kappa shape index (κ2) is 4.42. The molecule has 0 aliphatic carbocycles. The highest BCUT2D eigenvalue weighted by Gasteiger charge is 2.23. The van der Waals surface area contributed by atoms with Crippen molar-refractivity contribution in [3.63, 3.8) is 0 Å². The molecule has 0 fully saturated rings. The molecule has 1 rings (SSSR count). The molecule has 0 aliphatic heterocycles. The summed E-state index contributed by atoms with van der Waals surface area (Å²) >= 11 is 1.39. The van der Waals surface area contributed by atoms with Crippen molar-refractivity contribution in [3.8, 4) is 0 Å². The summed E-state index contributed by atoms with van der Waals surface area (Å²) in [6, 6.07) is 0.429. The van der Waals surface area contributed by atoms with Crippen molar-refractivity contribution in [3.05, 3.63) is 21.3 Å². The third-order valence-electron chi connectivity index (χ3n) is 1.39. The molecular formula is C6H2ClF3INO2S. The molecule has 0 saturated carbocycles. The molecule has 0 amide bonds. The van der Waals surface area contributed by atoms with Gasteiger partial charge in [-0.2, -0.15) is 0 Å². The van der Waals surface area contributed by atoms with Gasteiger partial charge in [0.15, 0.2) is 5.82 Å². The van der Waals surface area contributed by atoms with Crippen LogP contribution >= 0.6 is 33.3 Å². The first-order valence-corrected chi connectivity index (χ1v) is 6.71. The van der Waals surface area contributed by atoms with E-state index in [2.05, 4.69) is 4.98 Å². The van der Waals surface area contributed by atoms with Crippen LogP contribution in [-0.4, -0.2) is 13.4 Å². The Balaban J connectivity index is 3.46. The molecule has 9 heteroatoms. The number of hydrogen-bond acceptors (Lipinski definition) is 3. The monoisotopic (exact) mass is 371 g/mol. The van der Waals surface area contributed by atoms with Gasteiger partial charge in [-0.3, -0.25) is 0 Å². The minimum atomic E-state index is -4.18. The van der Waals surface area contributed by atoms with Crippen molar-refractivity contribution in [1.29, 1.82) is 0 Å². The standard InChI is InChI=1S/C6H2ClF3INO2S/c7-15(13,14)3-1-2(8)4(5(9)10)12-6(3)11/h1,5H. The van der Waals surface area contributed by atoms with E-state index < -0.39 is 31.9 Å². The van der Waals surface area contributed by atoms with Crippen molar-refractivity contribution >= 4 is 42.3 Å². The smallest absolute Gasteiger partial charge is 0.236 e. The zero-order valence-electron chi connectivity index (χ0n) is 6.72. The largest absolute Gasteiger partial charge is 0.283 e. The predicted molar refractivity (Wildman–Crippen MR) is 54.9 cm³/mol. The summed E-state index contributed by atoms with van der Waals surface area (Å²) in [7, 11) is 0.760. The minimum Gasteiger partial charge on any atom is -0.236 e. The first-order chi connectivity index (χ1) is 6.73. The molecule has 0 bridgehead atoms. The van der Waals surface area contributed by atoms with Crippen molar-refractivity contribution in [2.45, 2.75) is 11.3 Å². The quantitative estimate of drug-likeness (QED) is 0.456. The number of alkyl halides is 2. The molecule has 1 aromatic rings. The maximum absolute atomic E-state index is 12.9. The number of rotatable bonds is 2. The molecule has 3 nitrogen and oxygen atoms in total. The second-order valence-electron chi connectivity index (χ2n) is 2.38. The van der Waals surface area contributed by atoms with Crippen LogP contribution in [-0.2, 0) is 9.05 Å². The molecule has 0 radical (unpaired) electrons. The Labute approximate surface area is 101 Å². The highest BCUT2D eigenvalue weighted by Crippen LogP contribution is 2.26. The van der Waals surface area contributed by atoms with Gasteiger partial charge in [0.1, 0.15) is 14.3 Å². The molecule has 15 heavy (non-hydrogen) atoms. The fraction of sp³-hybridized carbons (Fsp3) is 0.167. The van der Waals surface area contributed by atoms with Crippen molar-refractivity contribution in [2.75, 3.05) is 0 Å². The summed E-state index contributed by atoms with van der Waals surface area (Å²) in [5.41, 5.74) is -1.09. The average molecular weight is 372 g/mol. The minimum absolute atomic E-state index is 0.292. The summed E-state index contributed by atoms with van der Waals surface area (Å²) in [6.07, 6.45) is -3.11. The molecule has 0 aromatic carbocycles. The Morgan fingerprint density at radius 3 is 2.40 bits per heavy atom. The third-order valence-corrected chi connectivity index (χ3v) is 3.92. The Morgan fingerprint density at radius 1 is 1.47 bits per heavy atom. The van der Waals surface area contributed by atoms with Crippen LogP contribution in [0.2, 0.25) is 0 Å². The van der Waals surface area contributed by atoms with E-state index in [0.29, 0.717) is 6.07 Å². The zero-order chi connectivity index (χ0) is 11.8. The van der Waals surface area contributed by atoms with Gasteiger partial charge in [0, 0.05) is 10.7 Å². The van der Waals surface area contributed by atoms with Crippen LogP contribution in [0.5, 0.6) is 0 Å². The van der Waals surface area contributed by atoms with Gasteiger partial charge >= 0.3 is 0 Å². The van der Waals surface area contributed by atoms with Crippen LogP contribution in [0.1, 0.15) is 12.1 Å². The molecule has 0 aliphatic rings. The molecule has 1 heterocycles. The molecule has 1 aromatic heterocycles. The molecule has 0 N–H and O–H groups in total. The predicted octanol–water partition coefficient (Wildman–Crippen LogP) is 2.69. The summed E-state index contributed by atoms with van der Waals surface area (Å²) in [4.78, 5) is 2.52. The Hall–Kier alpha value is -0.0900. The summed E-state index contributed by atoms with van der Waals surface area (Å²) in [5, 5.41) is 0. The van der Waals surface area contributed by atoms with Crippen LogP contribution in [0.3, 0.4) is 0 Å². The zero-order valence-corrected chi connectivity index (χ0v) is 10.4. The average Bonchev–Trinajstić information content (AvgIpc) is 2.06. The first kappa shape index (κ1) is 13.0. The number of halogens is 5. The number of hydrogen-bond donors (Lipinski definition) is 0. The van der Waals surface area contributed by atoms with Crippen LogP contribution in [0, 0.1) is 9.52 Å². The van der Waals surface area contributed by atoms with Crippen LogP contribution < -0.4 is 0 Å². The van der Waals surface area contributed by atoms with E-state index in [9.17, 15) is 21.6 Å². The first-order valence-electron chi connectivity index (χ1n) is 3.32. The van der Waals surface area contributed by atoms with Gasteiger partial charge in [0.2, 0.25) is 0 Å². The molecule has 0 unspecified atom stereocenters. The van der Waals surface area contributed by atoms with Gasteiger partial charge in [0.05, 0.1) is 0 Å². The fourth-order valence-electron chi connectivity index (χ4n) is 0.787. The Bertz CT molecular complexity index is 493. The van der Waals surface area contributed by atoms with Gasteiger partial charge in [-0.1, -0.05) is 0 Å². The second-order valence-corrected chi connectivity index (χ2v) is 5.94. The van der Waals surface area contributed by atoms with Crippen molar-refractivity contribution in [1.82, 2.24) is 4.98 Å². The van der Waals surface area contributed by atoms with Gasteiger partial charge < -0.3 is 0 Å². The van der Waals surface area contributed by atoms with E-state index in [0.717, 1.165) is 0 Å². The van der Waals surface area contributed by atoms with Crippen molar-refractivity contribution in [2.24, 2.45) is 0 Å². The lowest BCUT2D eigenvalue weighted by Crippen LogP contribution is -2.04. The maximum atomic E-state index is 12.9. The summed E-state index contributed by atoms with van der Waals surface area (Å²) in [5.74, 6) is -1.40. The van der Waals surface area contributed by atoms with Crippen molar-refractivity contribution < 1.29 is 21.6 Å². The summed E-state index contributed by atoms with van der Waals surface area (Å²) in [6.45, 7) is 0. The van der Waals surface area contributed by atoms with Gasteiger partial charge in [-0.25, -0.2) is 26.6 Å². The highest BCUT2D eigenvalue weighted by atomic mass is 127. The van der Waals surface area contributed by atoms with Crippen LogP contribution in [0.15, 0.2) is 11.0 Å². The SMILES string of the molecule is O=S(=O)(Cl)c1cc(F)c(C(F)F)nc1I. The lowest BCUT2D eigenvalue weighted by atomic mass is 10.3. The summed E-state index contributed by atoms with van der Waals surface area (Å²) < 4.78 is 58.7. The molecule has 0 spiro atoms. The number of aromatic nitrogens is 1. The van der Waals surface area contributed by atoms with Gasteiger partial charge in [0.25, 0.3) is 15.5 Å². The van der Waals surface area contributed by atoms with E-state index >= 15 is 0 Å². The highest BCUT2D eigenvalue weighted by molar-refractivity contribution is 14.1. The third kappa shape index (κ3) is 2.94. The molecule has 0 atom stereocenters. The van der Waals surface area contributed by atoms with Gasteiger partial charge in [-0.15, -0.1) is 0 Å². The van der Waals surface area contributed by atoms with Crippen LogP contribution in [0.25, 0.3) is 0 Å². The number of nitrogens with zero attached hydrogens (tertiary/aromatic N) is 1. The molecule has 84 valence electrons. The molecular weight excluding hydrogens is 369 g/mol. The van der Waals surface area contributed by atoms with E-state index in [-0.39, 0.29) is 3.70 Å². The topological polar surface area (TPSA) is 47.0 Å². The maximum Gasteiger partial charge on any atom is 0.283 e. The van der Waals surface area contributed by atoms with E-state index in [1.807, 2.05) is 0 Å². The van der Waals surface area contributed by atoms with E-state index in [1.54, 1.807) is 0 Å². The normalized spacial score (nSPS) is 12.1. The Kier molecular flexibility index (Phi) is 3.82. The van der Waals surface area contributed by atoms with Gasteiger partial charge in [-0.05, 0) is 28.7 Å². The van der Waals surface area contributed by atoms with E-state index in [4.69, 9.17) is 10.7 Å². The van der Waals surface area contributed by atoms with Crippen LogP contribution in [0.4, 0.5) is 13.2 Å². The lowest BCUT2D eigenvalue weighted by Gasteiger charge is -2.04. The fourth-order valence-corrected chi connectivity index (χ4v) is 3.31. The Morgan fingerprint density at radius 2 is 2.00 bits per heavy atom.